The number of rotatable bonds is 12. The largest absolute Gasteiger partial charge is 0.494 e. The van der Waals surface area contributed by atoms with Crippen molar-refractivity contribution in [1.29, 1.82) is 0 Å². The molecule has 224 valence electrons. The molecule has 2 amide bonds. The van der Waals surface area contributed by atoms with Crippen molar-refractivity contribution in [2.45, 2.75) is 17.1 Å². The Balaban J connectivity index is 1.27. The first-order valence-corrected chi connectivity index (χ1v) is 15.6. The molecule has 0 bridgehead atoms. The van der Waals surface area contributed by atoms with E-state index in [4.69, 9.17) is 14.2 Å². The molecule has 4 aromatic carbocycles. The lowest BCUT2D eigenvalue weighted by atomic mass is 10.1. The number of carbonyl (C=O) groups is 2. The number of methoxy groups -OCH3 is 2. The Morgan fingerprint density at radius 3 is 2.27 bits per heavy atom. The third-order valence-electron chi connectivity index (χ3n) is 6.55. The summed E-state index contributed by atoms with van der Waals surface area (Å²) in [6, 6.07) is 29.7. The normalized spacial score (nSPS) is 11.3. The Morgan fingerprint density at radius 1 is 0.864 bits per heavy atom. The minimum Gasteiger partial charge on any atom is -0.494 e. The molecule has 0 aliphatic heterocycles. The predicted molar refractivity (Wildman–Crippen MR) is 176 cm³/mol. The number of nitrogens with zero attached hydrogens (tertiary/aromatic N) is 1. The zero-order valence-corrected chi connectivity index (χ0v) is 26.0. The van der Waals surface area contributed by atoms with E-state index in [9.17, 15) is 9.59 Å². The Hall–Kier alpha value is -4.80. The topological polar surface area (TPSA) is 98.8 Å². The van der Waals surface area contributed by atoms with Gasteiger partial charge in [0.2, 0.25) is 5.91 Å². The number of ether oxygens (including phenoxy) is 3. The maximum absolute atomic E-state index is 13.6. The Bertz CT molecular complexity index is 1710. The lowest BCUT2D eigenvalue weighted by molar-refractivity contribution is -0.115. The number of hydrogen-bond acceptors (Lipinski definition) is 8. The molecule has 1 heterocycles. The van der Waals surface area contributed by atoms with Gasteiger partial charge in [0, 0.05) is 27.1 Å². The molecule has 1 atom stereocenters. The van der Waals surface area contributed by atoms with Crippen molar-refractivity contribution in [3.63, 3.8) is 0 Å². The predicted octanol–water partition coefficient (Wildman–Crippen LogP) is 7.95. The van der Waals surface area contributed by atoms with Crippen molar-refractivity contribution in [3.8, 4) is 28.5 Å². The first-order chi connectivity index (χ1) is 21.5. The third kappa shape index (κ3) is 7.58. The fourth-order valence-electron chi connectivity index (χ4n) is 4.36. The standard InChI is InChI=1S/C34H31N3O5S2/c1-4-42-26-15-10-22(11-16-26)28-21-43-34(36-28)37-33(39)31(23-8-6-5-7-9-23)44-27-17-13-25(14-18-27)35-32(38)24-12-19-29(40-2)30(20-24)41-3/h5-21,31H,4H2,1-3H3,(H,35,38)(H,36,37,39). The lowest BCUT2D eigenvalue weighted by Crippen LogP contribution is -2.19. The van der Waals surface area contributed by atoms with Crippen LogP contribution in [0.3, 0.4) is 0 Å². The summed E-state index contributed by atoms with van der Waals surface area (Å²) in [5.41, 5.74) is 3.65. The van der Waals surface area contributed by atoms with Gasteiger partial charge in [-0.2, -0.15) is 0 Å². The van der Waals surface area contributed by atoms with Crippen LogP contribution in [0.1, 0.15) is 28.1 Å². The number of thioether (sulfide) groups is 1. The Morgan fingerprint density at radius 2 is 1.59 bits per heavy atom. The van der Waals surface area contributed by atoms with Gasteiger partial charge < -0.3 is 24.8 Å². The van der Waals surface area contributed by atoms with Crippen LogP contribution in [0.2, 0.25) is 0 Å². The summed E-state index contributed by atoms with van der Waals surface area (Å²) < 4.78 is 16.1. The van der Waals surface area contributed by atoms with Crippen molar-refractivity contribution in [2.75, 3.05) is 31.5 Å². The summed E-state index contributed by atoms with van der Waals surface area (Å²) in [5, 5.41) is 7.82. The van der Waals surface area contributed by atoms with Crippen molar-refractivity contribution in [3.05, 3.63) is 114 Å². The van der Waals surface area contributed by atoms with Gasteiger partial charge in [0.05, 0.1) is 26.5 Å². The van der Waals surface area contributed by atoms with E-state index in [2.05, 4.69) is 15.6 Å². The van der Waals surface area contributed by atoms with Gasteiger partial charge >= 0.3 is 0 Å². The van der Waals surface area contributed by atoms with Crippen LogP contribution in [0.25, 0.3) is 11.3 Å². The number of anilines is 2. The maximum Gasteiger partial charge on any atom is 0.255 e. The summed E-state index contributed by atoms with van der Waals surface area (Å²) in [6.45, 7) is 2.55. The van der Waals surface area contributed by atoms with E-state index >= 15 is 0 Å². The molecule has 0 aliphatic carbocycles. The highest BCUT2D eigenvalue weighted by Crippen LogP contribution is 2.37. The summed E-state index contributed by atoms with van der Waals surface area (Å²) in [4.78, 5) is 32.0. The highest BCUT2D eigenvalue weighted by molar-refractivity contribution is 8.00. The Kier molecular flexibility index (Phi) is 10.2. The monoisotopic (exact) mass is 625 g/mol. The molecule has 1 unspecified atom stereocenters. The number of aromatic nitrogens is 1. The second-order valence-electron chi connectivity index (χ2n) is 9.44. The molecule has 5 aromatic rings. The van der Waals surface area contributed by atoms with E-state index in [1.165, 1.54) is 30.2 Å². The first-order valence-electron chi connectivity index (χ1n) is 13.8. The lowest BCUT2D eigenvalue weighted by Gasteiger charge is -2.16. The number of thiazole rings is 1. The van der Waals surface area contributed by atoms with Gasteiger partial charge in [-0.25, -0.2) is 4.98 Å². The fraction of sp³-hybridized carbons (Fsp3) is 0.147. The molecule has 0 saturated heterocycles. The van der Waals surface area contributed by atoms with E-state index in [1.54, 1.807) is 25.3 Å². The molecule has 1 aromatic heterocycles. The van der Waals surface area contributed by atoms with Gasteiger partial charge in [-0.15, -0.1) is 23.1 Å². The van der Waals surface area contributed by atoms with Gasteiger partial charge in [0.15, 0.2) is 16.6 Å². The summed E-state index contributed by atoms with van der Waals surface area (Å²) >= 11 is 2.80. The molecular weight excluding hydrogens is 595 g/mol. The van der Waals surface area contributed by atoms with Crippen molar-refractivity contribution < 1.29 is 23.8 Å². The average Bonchev–Trinajstić information content (AvgIpc) is 3.53. The van der Waals surface area contributed by atoms with Crippen LogP contribution in [0.5, 0.6) is 17.2 Å². The molecular formula is C34H31N3O5S2. The smallest absolute Gasteiger partial charge is 0.255 e. The molecule has 2 N–H and O–H groups in total. The molecule has 0 radical (unpaired) electrons. The zero-order valence-electron chi connectivity index (χ0n) is 24.4. The van der Waals surface area contributed by atoms with Gasteiger partial charge in [-0.3, -0.25) is 9.59 Å². The second-order valence-corrected chi connectivity index (χ2v) is 11.5. The third-order valence-corrected chi connectivity index (χ3v) is 8.57. The molecule has 0 aliphatic rings. The van der Waals surface area contributed by atoms with Gasteiger partial charge in [-0.1, -0.05) is 30.3 Å². The van der Waals surface area contributed by atoms with E-state index in [0.717, 1.165) is 27.5 Å². The van der Waals surface area contributed by atoms with E-state index in [0.29, 0.717) is 34.5 Å². The van der Waals surface area contributed by atoms with E-state index in [1.807, 2.05) is 91.2 Å². The average molecular weight is 626 g/mol. The van der Waals surface area contributed by atoms with Crippen LogP contribution in [0.4, 0.5) is 10.8 Å². The SMILES string of the molecule is CCOc1ccc(-c2csc(NC(=O)C(Sc3ccc(NC(=O)c4ccc(OC)c(OC)c4)cc3)c3ccccc3)n2)cc1. The minimum absolute atomic E-state index is 0.181. The highest BCUT2D eigenvalue weighted by Gasteiger charge is 2.23. The van der Waals surface area contributed by atoms with Crippen LogP contribution in [-0.2, 0) is 4.79 Å². The summed E-state index contributed by atoms with van der Waals surface area (Å²) in [7, 11) is 3.07. The molecule has 0 spiro atoms. The first kappa shape index (κ1) is 30.7. The summed E-state index contributed by atoms with van der Waals surface area (Å²) in [6.07, 6.45) is 0. The molecule has 44 heavy (non-hydrogen) atoms. The second kappa shape index (κ2) is 14.6. The van der Waals surface area contributed by atoms with Crippen LogP contribution in [-0.4, -0.2) is 37.6 Å². The zero-order chi connectivity index (χ0) is 30.9. The fourth-order valence-corrected chi connectivity index (χ4v) is 6.10. The van der Waals surface area contributed by atoms with E-state index in [-0.39, 0.29) is 11.8 Å². The number of carbonyl (C=O) groups excluding carboxylic acids is 2. The highest BCUT2D eigenvalue weighted by atomic mass is 32.2. The maximum atomic E-state index is 13.6. The van der Waals surface area contributed by atoms with Gasteiger partial charge in [0.1, 0.15) is 11.0 Å². The molecule has 8 nitrogen and oxygen atoms in total. The van der Waals surface area contributed by atoms with Crippen LogP contribution in [0.15, 0.2) is 107 Å². The van der Waals surface area contributed by atoms with Crippen molar-refractivity contribution in [2.24, 2.45) is 0 Å². The van der Waals surface area contributed by atoms with Crippen LogP contribution in [0, 0.1) is 0 Å². The number of amides is 2. The summed E-state index contributed by atoms with van der Waals surface area (Å²) in [5.74, 6) is 1.37. The number of benzene rings is 4. The molecule has 0 fully saturated rings. The number of hydrogen-bond donors (Lipinski definition) is 2. The quantitative estimate of drug-likeness (QED) is 0.136. The number of nitrogens with one attached hydrogen (secondary N) is 2. The van der Waals surface area contributed by atoms with Crippen molar-refractivity contribution >= 4 is 45.7 Å². The molecule has 10 heteroatoms. The molecule has 0 saturated carbocycles. The minimum atomic E-state index is -0.527. The molecule has 5 rings (SSSR count). The Labute approximate surface area is 264 Å². The van der Waals surface area contributed by atoms with Gasteiger partial charge in [0.25, 0.3) is 5.91 Å². The van der Waals surface area contributed by atoms with Crippen LogP contribution < -0.4 is 24.8 Å². The van der Waals surface area contributed by atoms with Crippen LogP contribution >= 0.6 is 23.1 Å². The van der Waals surface area contributed by atoms with Gasteiger partial charge in [-0.05, 0) is 79.2 Å². The van der Waals surface area contributed by atoms with E-state index < -0.39 is 5.25 Å². The van der Waals surface area contributed by atoms with Crippen molar-refractivity contribution in [1.82, 2.24) is 4.98 Å².